The lowest BCUT2D eigenvalue weighted by atomic mass is 9.49. The summed E-state index contributed by atoms with van der Waals surface area (Å²) >= 11 is 0. The van der Waals surface area contributed by atoms with Gasteiger partial charge in [0.2, 0.25) is 5.91 Å². The molecule has 2 aromatic heterocycles. The average molecular weight is 336 g/mol. The third kappa shape index (κ3) is 2.68. The van der Waals surface area contributed by atoms with Gasteiger partial charge in [0, 0.05) is 18.2 Å². The molecule has 1 amide bonds. The highest BCUT2D eigenvalue weighted by Crippen LogP contribution is 2.60. The summed E-state index contributed by atoms with van der Waals surface area (Å²) in [5, 5.41) is 3.23. The molecule has 0 aromatic carbocycles. The second-order valence-corrected chi connectivity index (χ2v) is 8.41. The molecule has 4 fully saturated rings. The van der Waals surface area contributed by atoms with Gasteiger partial charge < -0.3 is 9.73 Å². The van der Waals surface area contributed by atoms with Crippen LogP contribution in [0.1, 0.15) is 44.1 Å². The number of hydrogen-bond acceptors (Lipinski definition) is 3. The molecule has 0 unspecified atom stereocenters. The van der Waals surface area contributed by atoms with Crippen LogP contribution in [-0.4, -0.2) is 10.9 Å². The summed E-state index contributed by atoms with van der Waals surface area (Å²) in [7, 11) is 0. The topological polar surface area (TPSA) is 55.1 Å². The Balaban J connectivity index is 1.29. The summed E-state index contributed by atoms with van der Waals surface area (Å²) in [6.45, 7) is 0.566. The van der Waals surface area contributed by atoms with E-state index in [-0.39, 0.29) is 11.3 Å². The van der Waals surface area contributed by atoms with Crippen LogP contribution >= 0.6 is 0 Å². The van der Waals surface area contributed by atoms with Gasteiger partial charge in [0.05, 0.1) is 6.26 Å². The first-order valence-corrected chi connectivity index (χ1v) is 9.47. The Kier molecular flexibility index (Phi) is 3.47. The fraction of sp³-hybridized carbons (Fsp3) is 0.524. The molecule has 2 heterocycles. The van der Waals surface area contributed by atoms with Gasteiger partial charge in [0.15, 0.2) is 5.76 Å². The first-order valence-electron chi connectivity index (χ1n) is 9.47. The third-order valence-electron chi connectivity index (χ3n) is 6.57. The number of pyridine rings is 1. The van der Waals surface area contributed by atoms with E-state index in [4.69, 9.17) is 4.42 Å². The molecule has 0 spiro atoms. The molecule has 4 saturated carbocycles. The molecular weight excluding hydrogens is 312 g/mol. The Bertz CT molecular complexity index is 746. The molecule has 0 radical (unpaired) electrons. The van der Waals surface area contributed by atoms with Crippen molar-refractivity contribution in [2.24, 2.45) is 23.2 Å². The van der Waals surface area contributed by atoms with E-state index in [9.17, 15) is 4.79 Å². The van der Waals surface area contributed by atoms with Crippen molar-refractivity contribution < 1.29 is 9.21 Å². The molecule has 4 nitrogen and oxygen atoms in total. The summed E-state index contributed by atoms with van der Waals surface area (Å²) in [6.07, 6.45) is 10.9. The minimum Gasteiger partial charge on any atom is -0.463 e. The molecule has 4 heteroatoms. The van der Waals surface area contributed by atoms with Crippen LogP contribution in [0.3, 0.4) is 0 Å². The van der Waals surface area contributed by atoms with Crippen LogP contribution in [0, 0.1) is 23.2 Å². The molecular formula is C21H24N2O2. The number of nitrogens with one attached hydrogen (secondary N) is 1. The second-order valence-electron chi connectivity index (χ2n) is 8.41. The second kappa shape index (κ2) is 5.72. The van der Waals surface area contributed by atoms with Crippen LogP contribution in [0.2, 0.25) is 0 Å². The molecule has 130 valence electrons. The number of carbonyl (C=O) groups is 1. The van der Waals surface area contributed by atoms with Crippen LogP contribution in [0.4, 0.5) is 0 Å². The quantitative estimate of drug-likeness (QED) is 0.911. The Morgan fingerprint density at radius 3 is 2.52 bits per heavy atom. The van der Waals surface area contributed by atoms with Gasteiger partial charge >= 0.3 is 0 Å². The normalized spacial score (nSPS) is 32.7. The highest BCUT2D eigenvalue weighted by molar-refractivity contribution is 5.83. The summed E-state index contributed by atoms with van der Waals surface area (Å²) in [5.41, 5.74) is 1.80. The van der Waals surface area contributed by atoms with E-state index in [1.54, 1.807) is 12.5 Å². The zero-order valence-corrected chi connectivity index (χ0v) is 14.4. The van der Waals surface area contributed by atoms with E-state index in [0.29, 0.717) is 6.54 Å². The zero-order chi connectivity index (χ0) is 16.9. The van der Waals surface area contributed by atoms with Crippen LogP contribution < -0.4 is 5.32 Å². The number of furan rings is 1. The Labute approximate surface area is 148 Å². The van der Waals surface area contributed by atoms with Gasteiger partial charge in [-0.25, -0.2) is 0 Å². The number of amides is 1. The maximum absolute atomic E-state index is 13.0. The van der Waals surface area contributed by atoms with E-state index in [0.717, 1.165) is 54.0 Å². The number of nitrogens with zero attached hydrogens (tertiary/aromatic N) is 1. The van der Waals surface area contributed by atoms with Crippen molar-refractivity contribution in [3.63, 3.8) is 0 Å². The zero-order valence-electron chi connectivity index (χ0n) is 14.4. The van der Waals surface area contributed by atoms with Crippen LogP contribution in [0.5, 0.6) is 0 Å². The Hall–Kier alpha value is -2.10. The Morgan fingerprint density at radius 1 is 1.16 bits per heavy atom. The van der Waals surface area contributed by atoms with E-state index in [1.807, 2.05) is 24.3 Å². The standard InChI is InChI=1S/C21H24N2O2/c24-20(21-10-15-6-16(11-21)8-17(7-15)12-21)23-13-14-3-4-22-18(9-14)19-2-1-5-25-19/h1-5,9,15-17H,6-8,10-13H2,(H,23,24). The fourth-order valence-corrected chi connectivity index (χ4v) is 5.90. The first kappa shape index (κ1) is 15.2. The van der Waals surface area contributed by atoms with E-state index < -0.39 is 0 Å². The van der Waals surface area contributed by atoms with Crippen molar-refractivity contribution in [3.05, 3.63) is 42.3 Å². The first-order chi connectivity index (χ1) is 12.2. The van der Waals surface area contributed by atoms with Gasteiger partial charge in [-0.15, -0.1) is 0 Å². The van der Waals surface area contributed by atoms with E-state index >= 15 is 0 Å². The Morgan fingerprint density at radius 2 is 1.88 bits per heavy atom. The molecule has 1 N–H and O–H groups in total. The lowest BCUT2D eigenvalue weighted by Crippen LogP contribution is -2.53. The predicted octanol–water partition coefficient (Wildman–Crippen LogP) is 4.17. The number of rotatable bonds is 4. The number of hydrogen-bond donors (Lipinski definition) is 1. The van der Waals surface area contributed by atoms with Crippen molar-refractivity contribution in [1.29, 1.82) is 0 Å². The molecule has 2 aromatic rings. The van der Waals surface area contributed by atoms with Crippen LogP contribution in [0.25, 0.3) is 11.5 Å². The average Bonchev–Trinajstić information content (AvgIpc) is 3.13. The van der Waals surface area contributed by atoms with Crippen LogP contribution in [0.15, 0.2) is 41.1 Å². The van der Waals surface area contributed by atoms with Crippen LogP contribution in [-0.2, 0) is 11.3 Å². The van der Waals surface area contributed by atoms with Crippen molar-refractivity contribution >= 4 is 5.91 Å². The molecule has 4 aliphatic rings. The smallest absolute Gasteiger partial charge is 0.226 e. The number of aromatic nitrogens is 1. The fourth-order valence-electron chi connectivity index (χ4n) is 5.90. The third-order valence-corrected chi connectivity index (χ3v) is 6.57. The maximum Gasteiger partial charge on any atom is 0.226 e. The monoisotopic (exact) mass is 336 g/mol. The number of carbonyl (C=O) groups excluding carboxylic acids is 1. The summed E-state index contributed by atoms with van der Waals surface area (Å²) in [5.74, 6) is 3.42. The van der Waals surface area contributed by atoms with Gasteiger partial charge in [-0.1, -0.05) is 0 Å². The van der Waals surface area contributed by atoms with E-state index in [1.165, 1.54) is 19.3 Å². The molecule has 0 aliphatic heterocycles. The minimum atomic E-state index is -0.0778. The lowest BCUT2D eigenvalue weighted by molar-refractivity contribution is -0.146. The van der Waals surface area contributed by atoms with Crippen molar-refractivity contribution in [2.75, 3.05) is 0 Å². The van der Waals surface area contributed by atoms with Crippen molar-refractivity contribution in [2.45, 2.75) is 45.1 Å². The largest absolute Gasteiger partial charge is 0.463 e. The molecule has 0 saturated heterocycles. The molecule has 4 bridgehead atoms. The molecule has 0 atom stereocenters. The highest BCUT2D eigenvalue weighted by Gasteiger charge is 2.54. The molecule has 25 heavy (non-hydrogen) atoms. The van der Waals surface area contributed by atoms with E-state index in [2.05, 4.69) is 10.3 Å². The minimum absolute atomic E-state index is 0.0778. The SMILES string of the molecule is O=C(NCc1ccnc(-c2ccco2)c1)C12CC3CC(CC(C3)C1)C2. The van der Waals surface area contributed by atoms with Gasteiger partial charge in [0.1, 0.15) is 5.69 Å². The summed E-state index contributed by atoms with van der Waals surface area (Å²) in [4.78, 5) is 17.4. The summed E-state index contributed by atoms with van der Waals surface area (Å²) < 4.78 is 5.41. The summed E-state index contributed by atoms with van der Waals surface area (Å²) in [6, 6.07) is 7.73. The maximum atomic E-state index is 13.0. The van der Waals surface area contributed by atoms with Gasteiger partial charge in [0.25, 0.3) is 0 Å². The van der Waals surface area contributed by atoms with Crippen molar-refractivity contribution in [1.82, 2.24) is 10.3 Å². The van der Waals surface area contributed by atoms with Gasteiger partial charge in [-0.2, -0.15) is 0 Å². The predicted molar refractivity (Wildman–Crippen MR) is 94.4 cm³/mol. The van der Waals surface area contributed by atoms with Crippen molar-refractivity contribution in [3.8, 4) is 11.5 Å². The molecule has 6 rings (SSSR count). The van der Waals surface area contributed by atoms with Gasteiger partial charge in [-0.05, 0) is 86.1 Å². The molecule has 4 aliphatic carbocycles. The van der Waals surface area contributed by atoms with Gasteiger partial charge in [-0.3, -0.25) is 9.78 Å². The highest BCUT2D eigenvalue weighted by atomic mass is 16.3. The lowest BCUT2D eigenvalue weighted by Gasteiger charge is -2.55.